The van der Waals surface area contributed by atoms with Crippen LogP contribution in [0.3, 0.4) is 0 Å². The van der Waals surface area contributed by atoms with Crippen molar-refractivity contribution in [3.63, 3.8) is 0 Å². The smallest absolute Gasteiger partial charge is 0.234 e. The zero-order valence-corrected chi connectivity index (χ0v) is 18.3. The van der Waals surface area contributed by atoms with Gasteiger partial charge in [-0.05, 0) is 43.3 Å². The second kappa shape index (κ2) is 8.90. The Morgan fingerprint density at radius 1 is 1.19 bits per heavy atom. The van der Waals surface area contributed by atoms with Gasteiger partial charge in [0.05, 0.1) is 11.3 Å². The molecule has 2 N–H and O–H groups in total. The van der Waals surface area contributed by atoms with Gasteiger partial charge in [-0.15, -0.1) is 10.2 Å². The Morgan fingerprint density at radius 3 is 2.70 bits per heavy atom. The molecule has 27 heavy (non-hydrogen) atoms. The molecule has 6 nitrogen and oxygen atoms in total. The third-order valence-corrected chi connectivity index (χ3v) is 5.63. The lowest BCUT2D eigenvalue weighted by Gasteiger charge is -2.09. The van der Waals surface area contributed by atoms with E-state index in [1.165, 1.54) is 11.8 Å². The summed E-state index contributed by atoms with van der Waals surface area (Å²) in [7, 11) is 0. The van der Waals surface area contributed by atoms with E-state index in [9.17, 15) is 9.90 Å². The Bertz CT molecular complexity index is 978. The number of rotatable bonds is 6. The van der Waals surface area contributed by atoms with Gasteiger partial charge in [-0.2, -0.15) is 0 Å². The molecular formula is C18H16Br2N4O2S. The monoisotopic (exact) mass is 510 g/mol. The summed E-state index contributed by atoms with van der Waals surface area (Å²) in [6.45, 7) is 2.58. The lowest BCUT2D eigenvalue weighted by Crippen LogP contribution is -2.14. The summed E-state index contributed by atoms with van der Waals surface area (Å²) in [5, 5.41) is 22.0. The molecule has 0 fully saturated rings. The maximum absolute atomic E-state index is 12.2. The fourth-order valence-electron chi connectivity index (χ4n) is 2.46. The summed E-state index contributed by atoms with van der Waals surface area (Å²) in [5.74, 6) is 0.765. The number of nitrogens with zero attached hydrogens (tertiary/aromatic N) is 3. The van der Waals surface area contributed by atoms with Crippen LogP contribution in [0.15, 0.2) is 56.6 Å². The fourth-order valence-corrected chi connectivity index (χ4v) is 4.02. The molecule has 1 amide bonds. The third kappa shape index (κ3) is 4.91. The van der Waals surface area contributed by atoms with E-state index in [1.807, 2.05) is 35.8 Å². The highest BCUT2D eigenvalue weighted by Crippen LogP contribution is 2.32. The molecule has 1 aromatic heterocycles. The van der Waals surface area contributed by atoms with E-state index in [0.29, 0.717) is 23.1 Å². The number of carbonyl (C=O) groups is 1. The van der Waals surface area contributed by atoms with Crippen molar-refractivity contribution in [2.45, 2.75) is 18.6 Å². The molecule has 0 saturated heterocycles. The number of phenols is 1. The zero-order chi connectivity index (χ0) is 19.4. The summed E-state index contributed by atoms with van der Waals surface area (Å²) in [6, 6.07) is 12.6. The molecule has 140 valence electrons. The number of hydrogen-bond donors (Lipinski definition) is 2. The van der Waals surface area contributed by atoms with Crippen LogP contribution >= 0.6 is 43.6 Å². The number of carbonyl (C=O) groups excluding carboxylic acids is 1. The number of aromatic nitrogens is 3. The second-order valence-electron chi connectivity index (χ2n) is 5.56. The molecule has 0 aliphatic rings. The minimum Gasteiger partial charge on any atom is -0.507 e. The third-order valence-electron chi connectivity index (χ3n) is 3.67. The molecule has 3 aromatic rings. The Labute approximate surface area is 177 Å². The van der Waals surface area contributed by atoms with E-state index in [0.717, 1.165) is 14.6 Å². The molecule has 0 atom stereocenters. The summed E-state index contributed by atoms with van der Waals surface area (Å²) in [4.78, 5) is 12.2. The summed E-state index contributed by atoms with van der Waals surface area (Å²) >= 11 is 8.08. The van der Waals surface area contributed by atoms with Crippen LogP contribution in [0.1, 0.15) is 6.92 Å². The molecule has 9 heteroatoms. The van der Waals surface area contributed by atoms with Crippen molar-refractivity contribution in [3.05, 3.63) is 51.4 Å². The number of benzene rings is 2. The topological polar surface area (TPSA) is 80.0 Å². The van der Waals surface area contributed by atoms with Crippen LogP contribution < -0.4 is 5.32 Å². The average molecular weight is 512 g/mol. The van der Waals surface area contributed by atoms with Gasteiger partial charge >= 0.3 is 0 Å². The van der Waals surface area contributed by atoms with Crippen LogP contribution in [0.2, 0.25) is 0 Å². The molecule has 1 heterocycles. The number of anilines is 1. The van der Waals surface area contributed by atoms with Crippen molar-refractivity contribution in [2.24, 2.45) is 0 Å². The number of aromatic hydroxyl groups is 1. The van der Waals surface area contributed by atoms with Crippen LogP contribution in [-0.2, 0) is 11.3 Å². The van der Waals surface area contributed by atoms with Gasteiger partial charge in [0.15, 0.2) is 11.0 Å². The van der Waals surface area contributed by atoms with Crippen molar-refractivity contribution in [1.29, 1.82) is 0 Å². The van der Waals surface area contributed by atoms with Crippen molar-refractivity contribution in [2.75, 3.05) is 11.1 Å². The van der Waals surface area contributed by atoms with E-state index in [2.05, 4.69) is 47.4 Å². The van der Waals surface area contributed by atoms with E-state index in [1.54, 1.807) is 18.2 Å². The molecule has 0 aliphatic heterocycles. The molecule has 0 bridgehead atoms. The van der Waals surface area contributed by atoms with Crippen molar-refractivity contribution >= 4 is 55.2 Å². The first-order chi connectivity index (χ1) is 13.0. The highest BCUT2D eigenvalue weighted by Gasteiger charge is 2.17. The Morgan fingerprint density at radius 2 is 1.96 bits per heavy atom. The van der Waals surface area contributed by atoms with Crippen LogP contribution in [0.4, 0.5) is 5.69 Å². The highest BCUT2D eigenvalue weighted by atomic mass is 79.9. The Kier molecular flexibility index (Phi) is 6.56. The summed E-state index contributed by atoms with van der Waals surface area (Å²) in [5.41, 5.74) is 1.32. The van der Waals surface area contributed by atoms with E-state index < -0.39 is 0 Å². The number of amides is 1. The Hall–Kier alpha value is -1.84. The molecule has 0 radical (unpaired) electrons. The predicted octanol–water partition coefficient (Wildman–Crippen LogP) is 4.93. The molecule has 2 aromatic carbocycles. The van der Waals surface area contributed by atoms with Gasteiger partial charge in [-0.25, -0.2) is 0 Å². The normalized spacial score (nSPS) is 10.8. The van der Waals surface area contributed by atoms with Gasteiger partial charge in [0.25, 0.3) is 0 Å². The average Bonchev–Trinajstić information content (AvgIpc) is 3.04. The standard InChI is InChI=1S/C18H16Br2N4O2S/c1-2-24-17(14-9-12(20)6-7-15(14)25)22-23-18(24)27-10-16(26)21-13-5-3-4-11(19)8-13/h3-9,25H,2,10H2,1H3,(H,21,26). The quantitative estimate of drug-likeness (QED) is 0.459. The van der Waals surface area contributed by atoms with Crippen molar-refractivity contribution in [3.8, 4) is 17.1 Å². The first kappa shape index (κ1) is 19.9. The van der Waals surface area contributed by atoms with Gasteiger partial charge in [0.2, 0.25) is 5.91 Å². The second-order valence-corrected chi connectivity index (χ2v) is 8.33. The van der Waals surface area contributed by atoms with Crippen molar-refractivity contribution < 1.29 is 9.90 Å². The van der Waals surface area contributed by atoms with Crippen LogP contribution in [0.25, 0.3) is 11.4 Å². The first-order valence-electron chi connectivity index (χ1n) is 8.08. The maximum atomic E-state index is 12.2. The van der Waals surface area contributed by atoms with Gasteiger partial charge in [0.1, 0.15) is 5.75 Å². The van der Waals surface area contributed by atoms with Gasteiger partial charge in [-0.3, -0.25) is 4.79 Å². The molecule has 0 saturated carbocycles. The minimum atomic E-state index is -0.129. The van der Waals surface area contributed by atoms with Crippen molar-refractivity contribution in [1.82, 2.24) is 14.8 Å². The van der Waals surface area contributed by atoms with Crippen LogP contribution in [0, 0.1) is 0 Å². The van der Waals surface area contributed by atoms with Crippen LogP contribution in [-0.4, -0.2) is 31.5 Å². The maximum Gasteiger partial charge on any atom is 0.234 e. The summed E-state index contributed by atoms with van der Waals surface area (Å²) in [6.07, 6.45) is 0. The number of phenolic OH excluding ortho intramolecular Hbond substituents is 1. The molecular weight excluding hydrogens is 496 g/mol. The van der Waals surface area contributed by atoms with Gasteiger partial charge < -0.3 is 15.0 Å². The largest absolute Gasteiger partial charge is 0.507 e. The first-order valence-corrected chi connectivity index (χ1v) is 10.7. The molecule has 0 spiro atoms. The van der Waals surface area contributed by atoms with E-state index in [4.69, 9.17) is 0 Å². The van der Waals surface area contributed by atoms with Gasteiger partial charge in [0, 0.05) is 21.2 Å². The van der Waals surface area contributed by atoms with E-state index in [-0.39, 0.29) is 17.4 Å². The Balaban J connectivity index is 1.73. The minimum absolute atomic E-state index is 0.129. The SMILES string of the molecule is CCn1c(SCC(=O)Nc2cccc(Br)c2)nnc1-c1cc(Br)ccc1O. The highest BCUT2D eigenvalue weighted by molar-refractivity contribution is 9.10. The number of thioether (sulfide) groups is 1. The van der Waals surface area contributed by atoms with Crippen LogP contribution in [0.5, 0.6) is 5.75 Å². The van der Waals surface area contributed by atoms with E-state index >= 15 is 0 Å². The van der Waals surface area contributed by atoms with Gasteiger partial charge in [-0.1, -0.05) is 49.7 Å². The lowest BCUT2D eigenvalue weighted by atomic mass is 10.2. The number of hydrogen-bond acceptors (Lipinski definition) is 5. The molecule has 3 rings (SSSR count). The number of halogens is 2. The molecule has 0 unspecified atom stereocenters. The lowest BCUT2D eigenvalue weighted by molar-refractivity contribution is -0.113. The molecule has 0 aliphatic carbocycles. The predicted molar refractivity (Wildman–Crippen MR) is 114 cm³/mol. The number of nitrogens with one attached hydrogen (secondary N) is 1. The zero-order valence-electron chi connectivity index (χ0n) is 14.3. The fraction of sp³-hybridized carbons (Fsp3) is 0.167. The summed E-state index contributed by atoms with van der Waals surface area (Å²) < 4.78 is 3.61.